The Kier molecular flexibility index (Phi) is 2.86. The Morgan fingerprint density at radius 1 is 1.27 bits per heavy atom. The first-order chi connectivity index (χ1) is 7.27. The van der Waals surface area contributed by atoms with E-state index in [9.17, 15) is 0 Å². The summed E-state index contributed by atoms with van der Waals surface area (Å²) < 4.78 is 2.06. The van der Waals surface area contributed by atoms with Crippen LogP contribution in [0.25, 0.3) is 11.3 Å². The fourth-order valence-electron chi connectivity index (χ4n) is 1.63. The van der Waals surface area contributed by atoms with Crippen LogP contribution in [0.15, 0.2) is 36.5 Å². The van der Waals surface area contributed by atoms with Crippen LogP contribution < -0.4 is 0 Å². The number of nitrogens with zero attached hydrogens (tertiary/aromatic N) is 2. The Morgan fingerprint density at radius 2 is 2.00 bits per heavy atom. The highest BCUT2D eigenvalue weighted by Crippen LogP contribution is 2.18. The van der Waals surface area contributed by atoms with Gasteiger partial charge in [0.05, 0.1) is 5.69 Å². The number of hydrogen-bond acceptors (Lipinski definition) is 1. The van der Waals surface area contributed by atoms with Crippen molar-refractivity contribution in [3.8, 4) is 11.3 Å². The summed E-state index contributed by atoms with van der Waals surface area (Å²) in [5.41, 5.74) is 2.38. The van der Waals surface area contributed by atoms with E-state index in [1.54, 1.807) is 0 Å². The van der Waals surface area contributed by atoms with Gasteiger partial charge in [0.25, 0.3) is 0 Å². The Morgan fingerprint density at radius 3 is 2.67 bits per heavy atom. The molecule has 2 aromatic rings. The minimum absolute atomic E-state index is 0.610. The van der Waals surface area contributed by atoms with Gasteiger partial charge in [0.1, 0.15) is 0 Å². The zero-order valence-electron chi connectivity index (χ0n) is 9.14. The fourth-order valence-corrected chi connectivity index (χ4v) is 1.63. The summed E-state index contributed by atoms with van der Waals surface area (Å²) in [6.07, 6.45) is 1.86. The van der Waals surface area contributed by atoms with E-state index in [4.69, 9.17) is 0 Å². The molecule has 0 saturated heterocycles. The lowest BCUT2D eigenvalue weighted by Gasteiger charge is -2.09. The van der Waals surface area contributed by atoms with Gasteiger partial charge in [-0.05, 0) is 23.6 Å². The van der Waals surface area contributed by atoms with Crippen molar-refractivity contribution in [2.75, 3.05) is 0 Å². The molecule has 2 nitrogen and oxygen atoms in total. The highest BCUT2D eigenvalue weighted by Gasteiger charge is 2.05. The maximum Gasteiger partial charge on any atom is 0.0682 e. The lowest BCUT2D eigenvalue weighted by Crippen LogP contribution is -2.07. The van der Waals surface area contributed by atoms with Crippen molar-refractivity contribution >= 4 is 0 Å². The van der Waals surface area contributed by atoms with Crippen LogP contribution >= 0.6 is 0 Å². The summed E-state index contributed by atoms with van der Waals surface area (Å²) in [4.78, 5) is 0. The first-order valence-electron chi connectivity index (χ1n) is 5.25. The van der Waals surface area contributed by atoms with Gasteiger partial charge in [-0.15, -0.1) is 0 Å². The molecular weight excluding hydrogens is 184 g/mol. The zero-order chi connectivity index (χ0) is 10.7. The molecular formula is C13H15N2. The lowest BCUT2D eigenvalue weighted by atomic mass is 10.1. The summed E-state index contributed by atoms with van der Waals surface area (Å²) in [7, 11) is 0. The van der Waals surface area contributed by atoms with E-state index >= 15 is 0 Å². The van der Waals surface area contributed by atoms with Crippen LogP contribution in [0.3, 0.4) is 0 Å². The first kappa shape index (κ1) is 9.97. The number of aromatic nitrogens is 2. The van der Waals surface area contributed by atoms with Crippen molar-refractivity contribution in [3.05, 3.63) is 42.6 Å². The molecule has 1 heterocycles. The first-order valence-corrected chi connectivity index (χ1v) is 5.25. The third kappa shape index (κ3) is 2.27. The molecule has 0 unspecified atom stereocenters. The van der Waals surface area contributed by atoms with Gasteiger partial charge in [-0.25, -0.2) is 0 Å². The number of benzene rings is 1. The van der Waals surface area contributed by atoms with E-state index in [1.807, 2.05) is 18.3 Å². The van der Waals surface area contributed by atoms with E-state index in [2.05, 4.69) is 47.9 Å². The second-order valence-corrected chi connectivity index (χ2v) is 4.08. The molecule has 0 N–H and O–H groups in total. The molecule has 0 atom stereocenters. The maximum atomic E-state index is 4.34. The molecule has 15 heavy (non-hydrogen) atoms. The van der Waals surface area contributed by atoms with Crippen LogP contribution in [0, 0.1) is 12.0 Å². The Balaban J connectivity index is 2.33. The van der Waals surface area contributed by atoms with Crippen LogP contribution in [0.2, 0.25) is 0 Å². The quantitative estimate of drug-likeness (QED) is 0.743. The molecule has 1 aromatic heterocycles. The molecule has 2 heteroatoms. The van der Waals surface area contributed by atoms with Crippen LogP contribution in [0.5, 0.6) is 0 Å². The van der Waals surface area contributed by atoms with Gasteiger partial charge >= 0.3 is 0 Å². The summed E-state index contributed by atoms with van der Waals surface area (Å²) in [6.45, 7) is 5.36. The minimum Gasteiger partial charge on any atom is -0.265 e. The van der Waals surface area contributed by atoms with Gasteiger partial charge in [0.15, 0.2) is 0 Å². The zero-order valence-corrected chi connectivity index (χ0v) is 9.14. The van der Waals surface area contributed by atoms with Crippen molar-refractivity contribution in [1.29, 1.82) is 0 Å². The Labute approximate surface area is 90.6 Å². The molecule has 0 aliphatic rings. The molecule has 1 aromatic carbocycles. The van der Waals surface area contributed by atoms with Crippen molar-refractivity contribution in [2.45, 2.75) is 20.4 Å². The van der Waals surface area contributed by atoms with E-state index < -0.39 is 0 Å². The maximum absolute atomic E-state index is 4.34. The lowest BCUT2D eigenvalue weighted by molar-refractivity contribution is 0.487. The van der Waals surface area contributed by atoms with Gasteiger partial charge in [-0.1, -0.05) is 38.1 Å². The Bertz CT molecular complexity index is 415. The van der Waals surface area contributed by atoms with Crippen LogP contribution in [-0.4, -0.2) is 9.78 Å². The fraction of sp³-hybridized carbons (Fsp3) is 0.308. The van der Waals surface area contributed by atoms with E-state index in [0.29, 0.717) is 5.92 Å². The summed E-state index contributed by atoms with van der Waals surface area (Å²) in [5.74, 6) is 0.610. The topological polar surface area (TPSA) is 17.8 Å². The predicted octanol–water partition coefficient (Wildman–Crippen LogP) is 3.01. The highest BCUT2D eigenvalue weighted by molar-refractivity contribution is 5.58. The van der Waals surface area contributed by atoms with Gasteiger partial charge in [0.2, 0.25) is 0 Å². The highest BCUT2D eigenvalue weighted by atomic mass is 15.3. The average Bonchev–Trinajstić information content (AvgIpc) is 2.66. The van der Waals surface area contributed by atoms with Gasteiger partial charge < -0.3 is 0 Å². The molecule has 0 aliphatic carbocycles. The monoisotopic (exact) mass is 199 g/mol. The largest absolute Gasteiger partial charge is 0.265 e. The minimum atomic E-state index is 0.610. The standard InChI is InChI=1S/C13H15N2/c1-11(2)10-15-13(8-9-14-15)12-6-4-3-5-7-12/h4-9,11H,10H2,1-2H3. The third-order valence-corrected chi connectivity index (χ3v) is 2.27. The van der Waals surface area contributed by atoms with Crippen LogP contribution in [0.4, 0.5) is 0 Å². The third-order valence-electron chi connectivity index (χ3n) is 2.27. The molecule has 0 saturated carbocycles. The number of hydrogen-bond donors (Lipinski definition) is 0. The van der Waals surface area contributed by atoms with Gasteiger partial charge in [-0.2, -0.15) is 5.10 Å². The predicted molar refractivity (Wildman–Crippen MR) is 61.3 cm³/mol. The van der Waals surface area contributed by atoms with Crippen LogP contribution in [-0.2, 0) is 6.54 Å². The van der Waals surface area contributed by atoms with Gasteiger partial charge in [-0.3, -0.25) is 4.68 Å². The second kappa shape index (κ2) is 4.30. The van der Waals surface area contributed by atoms with Crippen molar-refractivity contribution in [2.24, 2.45) is 5.92 Å². The Hall–Kier alpha value is -1.57. The van der Waals surface area contributed by atoms with Crippen molar-refractivity contribution in [3.63, 3.8) is 0 Å². The van der Waals surface area contributed by atoms with E-state index in [1.165, 1.54) is 11.3 Å². The molecule has 0 amide bonds. The molecule has 0 fully saturated rings. The second-order valence-electron chi connectivity index (χ2n) is 4.08. The van der Waals surface area contributed by atoms with Crippen molar-refractivity contribution < 1.29 is 0 Å². The molecule has 0 bridgehead atoms. The summed E-state index contributed by atoms with van der Waals surface area (Å²) in [6, 6.07) is 13.1. The average molecular weight is 199 g/mol. The summed E-state index contributed by atoms with van der Waals surface area (Å²) >= 11 is 0. The van der Waals surface area contributed by atoms with E-state index in [0.717, 1.165) is 6.54 Å². The van der Waals surface area contributed by atoms with Crippen LogP contribution in [0.1, 0.15) is 13.8 Å². The molecule has 0 aliphatic heterocycles. The SMILES string of the molecule is CC(C)Cn1nccc1-c1cc[c]cc1. The molecule has 2 rings (SSSR count). The number of rotatable bonds is 3. The van der Waals surface area contributed by atoms with Crippen molar-refractivity contribution in [1.82, 2.24) is 9.78 Å². The molecule has 77 valence electrons. The van der Waals surface area contributed by atoms with Gasteiger partial charge in [0, 0.05) is 12.7 Å². The molecule has 0 spiro atoms. The summed E-state index contributed by atoms with van der Waals surface area (Å²) in [5, 5.41) is 4.34. The normalized spacial score (nSPS) is 10.9. The molecule has 1 radical (unpaired) electrons. The smallest absolute Gasteiger partial charge is 0.0682 e. The van der Waals surface area contributed by atoms with E-state index in [-0.39, 0.29) is 0 Å².